The van der Waals surface area contributed by atoms with Crippen LogP contribution in [-0.2, 0) is 4.79 Å². The molecule has 1 fully saturated rings. The predicted octanol–water partition coefficient (Wildman–Crippen LogP) is 2.26. The van der Waals surface area contributed by atoms with E-state index in [-0.39, 0.29) is 8.85 Å². The summed E-state index contributed by atoms with van der Waals surface area (Å²) in [6.07, 6.45) is 3.42. The zero-order valence-corrected chi connectivity index (χ0v) is 4.61. The van der Waals surface area contributed by atoms with Crippen molar-refractivity contribution < 1.29 is 6.22 Å². The molecule has 0 aromatic carbocycles. The number of Topliss-reactive ketones (excluding diaryl/α,β-unsaturated/α-hetero) is 1. The smallest absolute Gasteiger partial charge is 0.130 e. The van der Waals surface area contributed by atoms with Gasteiger partial charge in [0, 0.05) is 7.85 Å². The van der Waals surface area contributed by atoms with Crippen LogP contribution in [0.4, 0.5) is 0 Å². The molecule has 0 amide bonds. The van der Waals surface area contributed by atoms with Crippen molar-refractivity contribution >= 4 is 5.78 Å². The molecule has 0 radical (unpaired) electrons. The van der Waals surface area contributed by atoms with E-state index in [4.69, 9.17) is 0 Å². The van der Waals surface area contributed by atoms with Crippen LogP contribution < -0.4 is 0 Å². The quantitative estimate of drug-likeness (QED) is 0.541. The summed E-state index contributed by atoms with van der Waals surface area (Å²) < 4.78 is 0. The Morgan fingerprint density at radius 1 is 1.75 bits per heavy atom. The van der Waals surface area contributed by atoms with Crippen LogP contribution in [0, 0.1) is 5.92 Å². The molecule has 0 heterocycles. The molecule has 0 spiro atoms. The third-order valence-electron chi connectivity index (χ3n) is 1.27. The lowest BCUT2D eigenvalue weighted by atomic mass is 10.2. The minimum absolute atomic E-state index is 0. The van der Waals surface area contributed by atoms with Crippen molar-refractivity contribution in [2.45, 2.75) is 33.6 Å². The van der Waals surface area contributed by atoms with E-state index in [0.29, 0.717) is 5.78 Å². The van der Waals surface area contributed by atoms with Crippen LogP contribution in [-0.4, -0.2) is 5.78 Å². The van der Waals surface area contributed by atoms with E-state index in [1.807, 2.05) is 0 Å². The lowest BCUT2D eigenvalue weighted by Crippen LogP contribution is -1.88. The van der Waals surface area contributed by atoms with Gasteiger partial charge in [0.15, 0.2) is 0 Å². The molecule has 0 aromatic heterocycles. The summed E-state index contributed by atoms with van der Waals surface area (Å²) in [5.41, 5.74) is 0. The Bertz CT molecular complexity index is 86.9. The number of hydrogen-bond donors (Lipinski definition) is 0. The zero-order chi connectivity index (χ0) is 5.28. The van der Waals surface area contributed by atoms with Crippen molar-refractivity contribution in [1.82, 2.24) is 0 Å². The van der Waals surface area contributed by atoms with Gasteiger partial charge in [-0.2, -0.15) is 0 Å². The largest absolute Gasteiger partial charge is 0.300 e. The van der Waals surface area contributed by atoms with E-state index < -0.39 is 0 Å². The van der Waals surface area contributed by atoms with Crippen LogP contribution >= 0.6 is 0 Å². The second-order valence-corrected chi connectivity index (χ2v) is 2.35. The monoisotopic (exact) mass is 116 g/mol. The van der Waals surface area contributed by atoms with E-state index in [1.54, 1.807) is 6.92 Å². The topological polar surface area (TPSA) is 17.1 Å². The third kappa shape index (κ3) is 2.78. The Kier molecular flexibility index (Phi) is 2.74. The molecule has 1 rings (SSSR count). The van der Waals surface area contributed by atoms with Gasteiger partial charge in [-0.3, -0.25) is 0 Å². The SMILES string of the molecule is C.CC(=O)CC1CC1.[HH]. The summed E-state index contributed by atoms with van der Waals surface area (Å²) >= 11 is 0. The highest BCUT2D eigenvalue weighted by Gasteiger charge is 2.22. The van der Waals surface area contributed by atoms with Crippen molar-refractivity contribution in [2.75, 3.05) is 0 Å². The second-order valence-electron chi connectivity index (χ2n) is 2.35. The van der Waals surface area contributed by atoms with Crippen molar-refractivity contribution in [1.29, 1.82) is 0 Å². The molecule has 1 saturated carbocycles. The van der Waals surface area contributed by atoms with Crippen LogP contribution in [0.5, 0.6) is 0 Å². The van der Waals surface area contributed by atoms with E-state index in [1.165, 1.54) is 12.8 Å². The molecule has 1 heteroatoms. The molecule has 50 valence electrons. The Labute approximate surface area is 52.6 Å². The van der Waals surface area contributed by atoms with E-state index in [9.17, 15) is 4.79 Å². The van der Waals surface area contributed by atoms with Gasteiger partial charge >= 0.3 is 0 Å². The normalized spacial score (nSPS) is 17.1. The molecule has 0 saturated heterocycles. The number of carbonyl (C=O) groups excluding carboxylic acids is 1. The summed E-state index contributed by atoms with van der Waals surface area (Å²) in [5.74, 6) is 1.13. The van der Waals surface area contributed by atoms with Gasteiger partial charge in [0.1, 0.15) is 5.78 Å². The molecule has 0 aliphatic heterocycles. The standard InChI is InChI=1S/C6H10O.CH4.H2/c1-5(7)4-6-2-3-6;;/h6H,2-4H2,1H3;1H4;1H. The average molecular weight is 116 g/mol. The van der Waals surface area contributed by atoms with E-state index in [2.05, 4.69) is 0 Å². The maximum Gasteiger partial charge on any atom is 0.130 e. The molecule has 0 unspecified atom stereocenters. The van der Waals surface area contributed by atoms with Gasteiger partial charge in [-0.05, 0) is 25.7 Å². The molecule has 1 aliphatic rings. The molecular formula is C7H16O. The zero-order valence-electron chi connectivity index (χ0n) is 4.61. The number of hydrogen-bond acceptors (Lipinski definition) is 1. The lowest BCUT2D eigenvalue weighted by molar-refractivity contribution is -0.117. The van der Waals surface area contributed by atoms with Gasteiger partial charge in [-0.25, -0.2) is 0 Å². The van der Waals surface area contributed by atoms with Crippen LogP contribution in [0.3, 0.4) is 0 Å². The van der Waals surface area contributed by atoms with Gasteiger partial charge in [0.2, 0.25) is 0 Å². The average Bonchev–Trinajstić information content (AvgIpc) is 2.17. The number of ketones is 1. The van der Waals surface area contributed by atoms with Crippen molar-refractivity contribution in [2.24, 2.45) is 5.92 Å². The van der Waals surface area contributed by atoms with Gasteiger partial charge in [-0.1, -0.05) is 7.43 Å². The first-order valence-electron chi connectivity index (χ1n) is 2.78. The van der Waals surface area contributed by atoms with E-state index >= 15 is 0 Å². The minimum atomic E-state index is 0. The second kappa shape index (κ2) is 2.85. The summed E-state index contributed by atoms with van der Waals surface area (Å²) in [6.45, 7) is 1.66. The maximum atomic E-state index is 10.3. The van der Waals surface area contributed by atoms with Crippen molar-refractivity contribution in [3.05, 3.63) is 0 Å². The molecule has 0 atom stereocenters. The highest BCUT2D eigenvalue weighted by Crippen LogP contribution is 2.32. The first-order chi connectivity index (χ1) is 3.29. The lowest BCUT2D eigenvalue weighted by Gasteiger charge is -1.83. The fourth-order valence-corrected chi connectivity index (χ4v) is 0.729. The highest BCUT2D eigenvalue weighted by molar-refractivity contribution is 5.75. The minimum Gasteiger partial charge on any atom is -0.300 e. The summed E-state index contributed by atoms with van der Waals surface area (Å²) in [7, 11) is 0. The van der Waals surface area contributed by atoms with Crippen LogP contribution in [0.15, 0.2) is 0 Å². The van der Waals surface area contributed by atoms with Gasteiger partial charge < -0.3 is 4.79 Å². The first-order valence-corrected chi connectivity index (χ1v) is 2.78. The molecule has 8 heavy (non-hydrogen) atoms. The predicted molar refractivity (Wildman–Crippen MR) is 36.9 cm³/mol. The number of rotatable bonds is 2. The van der Waals surface area contributed by atoms with Gasteiger partial charge in [-0.15, -0.1) is 0 Å². The van der Waals surface area contributed by atoms with Crippen LogP contribution in [0.1, 0.15) is 35.0 Å². The Balaban J connectivity index is 0. The summed E-state index contributed by atoms with van der Waals surface area (Å²) in [4.78, 5) is 10.3. The summed E-state index contributed by atoms with van der Waals surface area (Å²) in [5, 5.41) is 0. The Morgan fingerprint density at radius 3 is 2.38 bits per heavy atom. The molecule has 0 N–H and O–H groups in total. The number of carbonyl (C=O) groups is 1. The van der Waals surface area contributed by atoms with Gasteiger partial charge in [0.05, 0.1) is 0 Å². The molecule has 0 bridgehead atoms. The summed E-state index contributed by atoms with van der Waals surface area (Å²) in [6, 6.07) is 0. The van der Waals surface area contributed by atoms with E-state index in [0.717, 1.165) is 12.3 Å². The first kappa shape index (κ1) is 7.67. The molecule has 0 aromatic rings. The van der Waals surface area contributed by atoms with Crippen molar-refractivity contribution in [3.8, 4) is 0 Å². The Hall–Kier alpha value is -0.330. The van der Waals surface area contributed by atoms with Crippen molar-refractivity contribution in [3.63, 3.8) is 0 Å². The Morgan fingerprint density at radius 2 is 2.25 bits per heavy atom. The molecular weight excluding hydrogens is 100 g/mol. The maximum absolute atomic E-state index is 10.3. The molecule has 1 aliphatic carbocycles. The fraction of sp³-hybridized carbons (Fsp3) is 0.857. The third-order valence-corrected chi connectivity index (χ3v) is 1.27. The van der Waals surface area contributed by atoms with Gasteiger partial charge in [0.25, 0.3) is 0 Å². The highest BCUT2D eigenvalue weighted by atomic mass is 16.1. The molecule has 1 nitrogen and oxygen atoms in total. The van der Waals surface area contributed by atoms with Crippen LogP contribution in [0.2, 0.25) is 0 Å². The van der Waals surface area contributed by atoms with Crippen LogP contribution in [0.25, 0.3) is 0 Å². The fourth-order valence-electron chi connectivity index (χ4n) is 0.729.